The van der Waals surface area contributed by atoms with Crippen LogP contribution in [0.3, 0.4) is 0 Å². The lowest BCUT2D eigenvalue weighted by Crippen LogP contribution is -2.42. The van der Waals surface area contributed by atoms with Gasteiger partial charge in [-0.05, 0) is 12.5 Å². The van der Waals surface area contributed by atoms with Crippen LogP contribution in [-0.2, 0) is 0 Å². The van der Waals surface area contributed by atoms with Crippen molar-refractivity contribution < 1.29 is 9.59 Å². The van der Waals surface area contributed by atoms with Crippen molar-refractivity contribution in [1.29, 1.82) is 0 Å². The van der Waals surface area contributed by atoms with Gasteiger partial charge in [-0.1, -0.05) is 0 Å². The molecular weight excluding hydrogens is 168 g/mol. The molecule has 4 nitrogen and oxygen atoms in total. The van der Waals surface area contributed by atoms with Crippen LogP contribution >= 0.6 is 0 Å². The molecule has 13 heavy (non-hydrogen) atoms. The quantitative estimate of drug-likeness (QED) is 0.677. The highest BCUT2D eigenvalue weighted by Gasteiger charge is 2.22. The number of likely N-dealkylation sites (tertiary alicyclic amines) is 1. The van der Waals surface area contributed by atoms with E-state index in [2.05, 4.69) is 4.98 Å². The Labute approximate surface area is 75.5 Å². The van der Waals surface area contributed by atoms with Gasteiger partial charge in [0.15, 0.2) is 6.29 Å². The molecule has 68 valence electrons. The van der Waals surface area contributed by atoms with Gasteiger partial charge in [-0.25, -0.2) is 0 Å². The van der Waals surface area contributed by atoms with E-state index in [0.29, 0.717) is 11.3 Å². The van der Waals surface area contributed by atoms with E-state index in [9.17, 15) is 9.59 Å². The Morgan fingerprint density at radius 3 is 2.77 bits per heavy atom. The first-order valence-electron chi connectivity index (χ1n) is 4.24. The fraction of sp³-hybridized carbons (Fsp3) is 0.333. The van der Waals surface area contributed by atoms with E-state index in [-0.39, 0.29) is 5.91 Å². The standard InChI is InChI=1S/C9H10N2O2/c12-6-7-4-8(10-5-7)9(13)11-2-1-3-11/h4-6,10H,1-3H2. The maximum Gasteiger partial charge on any atom is 0.270 e. The summed E-state index contributed by atoms with van der Waals surface area (Å²) < 4.78 is 0. The van der Waals surface area contributed by atoms with Crippen molar-refractivity contribution in [3.05, 3.63) is 23.5 Å². The molecule has 0 spiro atoms. The van der Waals surface area contributed by atoms with Gasteiger partial charge < -0.3 is 9.88 Å². The van der Waals surface area contributed by atoms with Gasteiger partial charge in [0.1, 0.15) is 5.69 Å². The highest BCUT2D eigenvalue weighted by molar-refractivity contribution is 5.94. The average Bonchev–Trinajstić information content (AvgIpc) is 2.48. The van der Waals surface area contributed by atoms with Gasteiger partial charge in [0.05, 0.1) is 0 Å². The smallest absolute Gasteiger partial charge is 0.270 e. The van der Waals surface area contributed by atoms with Crippen molar-refractivity contribution in [1.82, 2.24) is 9.88 Å². The number of carbonyl (C=O) groups excluding carboxylic acids is 2. The van der Waals surface area contributed by atoms with Crippen LogP contribution in [0.5, 0.6) is 0 Å². The van der Waals surface area contributed by atoms with Crippen molar-refractivity contribution in [2.24, 2.45) is 0 Å². The number of nitrogens with one attached hydrogen (secondary N) is 1. The molecule has 0 aromatic carbocycles. The first-order valence-corrected chi connectivity index (χ1v) is 4.24. The molecule has 1 aromatic heterocycles. The van der Waals surface area contributed by atoms with Gasteiger partial charge in [-0.15, -0.1) is 0 Å². The Morgan fingerprint density at radius 2 is 2.31 bits per heavy atom. The predicted molar refractivity (Wildman–Crippen MR) is 46.7 cm³/mol. The number of aromatic amines is 1. The molecule has 0 atom stereocenters. The van der Waals surface area contributed by atoms with Gasteiger partial charge in [-0.2, -0.15) is 0 Å². The van der Waals surface area contributed by atoms with E-state index in [4.69, 9.17) is 0 Å². The van der Waals surface area contributed by atoms with Crippen LogP contribution < -0.4 is 0 Å². The first kappa shape index (κ1) is 8.04. The second-order valence-electron chi connectivity index (χ2n) is 3.11. The van der Waals surface area contributed by atoms with Gasteiger partial charge >= 0.3 is 0 Å². The zero-order valence-electron chi connectivity index (χ0n) is 7.12. The molecule has 1 fully saturated rings. The average molecular weight is 178 g/mol. The summed E-state index contributed by atoms with van der Waals surface area (Å²) in [6.45, 7) is 1.66. The number of nitrogens with zero attached hydrogens (tertiary/aromatic N) is 1. The maximum absolute atomic E-state index is 11.5. The molecule has 1 saturated heterocycles. The number of hydrogen-bond acceptors (Lipinski definition) is 2. The largest absolute Gasteiger partial charge is 0.356 e. The second-order valence-corrected chi connectivity index (χ2v) is 3.11. The number of aldehydes is 1. The minimum absolute atomic E-state index is 0.0145. The zero-order chi connectivity index (χ0) is 9.26. The summed E-state index contributed by atoms with van der Waals surface area (Å²) in [5.74, 6) is -0.0145. The lowest BCUT2D eigenvalue weighted by atomic mass is 10.2. The maximum atomic E-state index is 11.5. The van der Waals surface area contributed by atoms with Crippen LogP contribution in [0, 0.1) is 0 Å². The van der Waals surface area contributed by atoms with E-state index in [1.54, 1.807) is 17.2 Å². The van der Waals surface area contributed by atoms with Crippen LogP contribution in [0.25, 0.3) is 0 Å². The lowest BCUT2D eigenvalue weighted by Gasteiger charge is -2.30. The Kier molecular flexibility index (Phi) is 1.88. The summed E-state index contributed by atoms with van der Waals surface area (Å²) in [6, 6.07) is 1.58. The van der Waals surface area contributed by atoms with Crippen LogP contribution in [0.4, 0.5) is 0 Å². The molecule has 0 bridgehead atoms. The van der Waals surface area contributed by atoms with Crippen molar-refractivity contribution >= 4 is 12.2 Å². The topological polar surface area (TPSA) is 53.2 Å². The SMILES string of the molecule is O=Cc1c[nH]c(C(=O)N2CCC2)c1. The Bertz CT molecular complexity index is 339. The number of rotatable bonds is 2. The summed E-state index contributed by atoms with van der Waals surface area (Å²) in [4.78, 5) is 26.4. The number of amides is 1. The molecule has 0 unspecified atom stereocenters. The lowest BCUT2D eigenvalue weighted by molar-refractivity contribution is 0.0646. The van der Waals surface area contributed by atoms with E-state index < -0.39 is 0 Å². The predicted octanol–water partition coefficient (Wildman–Crippen LogP) is 0.673. The highest BCUT2D eigenvalue weighted by atomic mass is 16.2. The molecule has 2 heterocycles. The fourth-order valence-electron chi connectivity index (χ4n) is 1.29. The van der Waals surface area contributed by atoms with Gasteiger partial charge in [0.2, 0.25) is 0 Å². The Morgan fingerprint density at radius 1 is 1.54 bits per heavy atom. The van der Waals surface area contributed by atoms with Gasteiger partial charge in [-0.3, -0.25) is 9.59 Å². The van der Waals surface area contributed by atoms with Crippen LogP contribution in [0.1, 0.15) is 27.3 Å². The molecule has 1 N–H and O–H groups in total. The minimum atomic E-state index is -0.0145. The van der Waals surface area contributed by atoms with Gasteiger partial charge in [0.25, 0.3) is 5.91 Å². The van der Waals surface area contributed by atoms with E-state index in [0.717, 1.165) is 25.8 Å². The molecule has 0 radical (unpaired) electrons. The number of aromatic nitrogens is 1. The van der Waals surface area contributed by atoms with Crippen molar-refractivity contribution in [2.75, 3.05) is 13.1 Å². The first-order chi connectivity index (χ1) is 6.31. The van der Waals surface area contributed by atoms with E-state index in [1.165, 1.54) is 0 Å². The second kappa shape index (κ2) is 3.05. The van der Waals surface area contributed by atoms with Crippen LogP contribution in [0.15, 0.2) is 12.3 Å². The van der Waals surface area contributed by atoms with Crippen molar-refractivity contribution in [3.63, 3.8) is 0 Å². The fourth-order valence-corrected chi connectivity index (χ4v) is 1.29. The Hall–Kier alpha value is -1.58. The normalized spacial score (nSPS) is 15.2. The van der Waals surface area contributed by atoms with Gasteiger partial charge in [0, 0.05) is 24.8 Å². The molecule has 1 amide bonds. The minimum Gasteiger partial charge on any atom is -0.356 e. The summed E-state index contributed by atoms with van der Waals surface area (Å²) in [5.41, 5.74) is 1.02. The summed E-state index contributed by atoms with van der Waals surface area (Å²) in [6.07, 6.45) is 3.34. The van der Waals surface area contributed by atoms with E-state index >= 15 is 0 Å². The molecule has 0 aliphatic carbocycles. The molecule has 4 heteroatoms. The third-order valence-electron chi connectivity index (χ3n) is 2.22. The van der Waals surface area contributed by atoms with Crippen LogP contribution in [-0.4, -0.2) is 35.2 Å². The van der Waals surface area contributed by atoms with Crippen molar-refractivity contribution in [2.45, 2.75) is 6.42 Å². The summed E-state index contributed by atoms with van der Waals surface area (Å²) in [5, 5.41) is 0. The molecule has 1 aromatic rings. The summed E-state index contributed by atoms with van der Waals surface area (Å²) >= 11 is 0. The zero-order valence-corrected chi connectivity index (χ0v) is 7.12. The van der Waals surface area contributed by atoms with E-state index in [1.807, 2.05) is 0 Å². The number of carbonyl (C=O) groups is 2. The molecule has 2 rings (SSSR count). The molecule has 1 aliphatic heterocycles. The summed E-state index contributed by atoms with van der Waals surface area (Å²) in [7, 11) is 0. The number of hydrogen-bond donors (Lipinski definition) is 1. The monoisotopic (exact) mass is 178 g/mol. The van der Waals surface area contributed by atoms with Crippen LogP contribution in [0.2, 0.25) is 0 Å². The molecule has 0 saturated carbocycles. The number of H-pyrrole nitrogens is 1. The third-order valence-corrected chi connectivity index (χ3v) is 2.22. The third kappa shape index (κ3) is 1.35. The highest BCUT2D eigenvalue weighted by Crippen LogP contribution is 2.11. The van der Waals surface area contributed by atoms with Crippen molar-refractivity contribution in [3.8, 4) is 0 Å². The molecular formula is C9H10N2O2. The Balaban J connectivity index is 2.14. The molecule has 1 aliphatic rings.